The maximum Gasteiger partial charge on any atom is 0.270 e. The number of sulfonamides is 1. The Morgan fingerprint density at radius 1 is 1.03 bits per heavy atom. The zero-order valence-corrected chi connectivity index (χ0v) is 18.5. The van der Waals surface area contributed by atoms with E-state index < -0.39 is 14.9 Å². The van der Waals surface area contributed by atoms with Gasteiger partial charge in [0.05, 0.1) is 29.6 Å². The highest BCUT2D eigenvalue weighted by molar-refractivity contribution is 7.93. The Morgan fingerprint density at radius 3 is 2.47 bits per heavy atom. The molecule has 0 unspecified atom stereocenters. The van der Waals surface area contributed by atoms with Crippen molar-refractivity contribution in [1.29, 1.82) is 0 Å². The summed E-state index contributed by atoms with van der Waals surface area (Å²) < 4.78 is 33.8. The molecule has 0 atom stereocenters. The van der Waals surface area contributed by atoms with Gasteiger partial charge in [0, 0.05) is 12.1 Å². The number of para-hydroxylation sites is 2. The Bertz CT molecular complexity index is 1290. The molecule has 0 radical (unpaired) electrons. The lowest BCUT2D eigenvalue weighted by atomic mass is 10.1. The van der Waals surface area contributed by atoms with Crippen LogP contribution in [0.3, 0.4) is 0 Å². The van der Waals surface area contributed by atoms with E-state index in [0.717, 1.165) is 22.8 Å². The molecule has 10 heteroatoms. The number of benzene rings is 3. The summed E-state index contributed by atoms with van der Waals surface area (Å²) in [6.45, 7) is 3.92. The van der Waals surface area contributed by atoms with Gasteiger partial charge in [0.15, 0.2) is 0 Å². The summed E-state index contributed by atoms with van der Waals surface area (Å²) in [5.74, 6) is 0.309. The molecular weight excluding hydrogens is 432 g/mol. The van der Waals surface area contributed by atoms with Gasteiger partial charge in [-0.05, 0) is 43.2 Å². The summed E-state index contributed by atoms with van der Waals surface area (Å²) in [5.41, 5.74) is 5.57. The molecule has 3 aromatic carbocycles. The molecule has 0 aromatic heterocycles. The Hall–Kier alpha value is -3.92. The Balaban J connectivity index is 1.97. The predicted molar refractivity (Wildman–Crippen MR) is 124 cm³/mol. The van der Waals surface area contributed by atoms with Gasteiger partial charge in [-0.15, -0.1) is 0 Å². The highest BCUT2D eigenvalue weighted by atomic mass is 32.2. The first-order valence-electron chi connectivity index (χ1n) is 9.52. The molecular formula is C22H22N4O5S. The first-order valence-corrected chi connectivity index (χ1v) is 11.0. The molecule has 0 spiro atoms. The molecule has 3 aromatic rings. The van der Waals surface area contributed by atoms with Crippen LogP contribution in [0, 0.1) is 24.0 Å². The molecule has 0 aliphatic rings. The number of non-ortho nitro benzene ring substituents is 1. The van der Waals surface area contributed by atoms with Crippen LogP contribution in [0.1, 0.15) is 16.7 Å². The monoisotopic (exact) mass is 454 g/mol. The van der Waals surface area contributed by atoms with Crippen molar-refractivity contribution in [3.8, 4) is 5.75 Å². The molecule has 0 heterocycles. The van der Waals surface area contributed by atoms with Crippen LogP contribution in [-0.4, -0.2) is 26.7 Å². The van der Waals surface area contributed by atoms with Gasteiger partial charge < -0.3 is 4.74 Å². The van der Waals surface area contributed by atoms with E-state index in [1.807, 2.05) is 32.0 Å². The number of nitrogens with one attached hydrogen (secondary N) is 2. The molecule has 0 bridgehead atoms. The van der Waals surface area contributed by atoms with Crippen molar-refractivity contribution in [2.24, 2.45) is 5.10 Å². The van der Waals surface area contributed by atoms with Crippen molar-refractivity contribution in [2.45, 2.75) is 18.7 Å². The van der Waals surface area contributed by atoms with Gasteiger partial charge in [0.1, 0.15) is 10.6 Å². The van der Waals surface area contributed by atoms with E-state index in [2.05, 4.69) is 15.2 Å². The zero-order chi connectivity index (χ0) is 23.3. The number of hydrazone groups is 1. The van der Waals surface area contributed by atoms with E-state index in [0.29, 0.717) is 5.75 Å². The van der Waals surface area contributed by atoms with Crippen LogP contribution in [0.4, 0.5) is 17.1 Å². The highest BCUT2D eigenvalue weighted by Crippen LogP contribution is 2.31. The largest absolute Gasteiger partial charge is 0.495 e. The van der Waals surface area contributed by atoms with Gasteiger partial charge in [0.2, 0.25) is 0 Å². The summed E-state index contributed by atoms with van der Waals surface area (Å²) in [7, 11) is -2.80. The van der Waals surface area contributed by atoms with Gasteiger partial charge in [-0.3, -0.25) is 20.3 Å². The van der Waals surface area contributed by atoms with Crippen molar-refractivity contribution in [3.05, 3.63) is 87.5 Å². The fraction of sp³-hybridized carbons (Fsp3) is 0.136. The molecule has 3 rings (SSSR count). The Kier molecular flexibility index (Phi) is 6.74. The molecule has 32 heavy (non-hydrogen) atoms. The van der Waals surface area contributed by atoms with Gasteiger partial charge >= 0.3 is 0 Å². The lowest BCUT2D eigenvalue weighted by Gasteiger charge is -2.14. The van der Waals surface area contributed by atoms with Gasteiger partial charge in [-0.25, -0.2) is 8.42 Å². The molecule has 0 saturated carbocycles. The van der Waals surface area contributed by atoms with Gasteiger partial charge in [-0.1, -0.05) is 35.9 Å². The standard InChI is InChI=1S/C22H22N4O5S/c1-15-8-9-17(16(2)12-15)14-23-24-20-11-10-18(26(27)28)13-22(20)32(29,30)25-19-6-4-5-7-21(19)31-3/h4-14,24-25H,1-3H3. The van der Waals surface area contributed by atoms with E-state index in [9.17, 15) is 18.5 Å². The predicted octanol–water partition coefficient (Wildman–Crippen LogP) is 4.47. The number of ether oxygens (including phenoxy) is 1. The highest BCUT2D eigenvalue weighted by Gasteiger charge is 2.23. The van der Waals surface area contributed by atoms with Crippen molar-refractivity contribution in [2.75, 3.05) is 17.3 Å². The number of nitro benzene ring substituents is 1. The normalized spacial score (nSPS) is 11.3. The van der Waals surface area contributed by atoms with E-state index >= 15 is 0 Å². The zero-order valence-electron chi connectivity index (χ0n) is 17.7. The lowest BCUT2D eigenvalue weighted by Crippen LogP contribution is -2.15. The Morgan fingerprint density at radius 2 is 1.78 bits per heavy atom. The molecule has 0 aliphatic carbocycles. The molecule has 0 saturated heterocycles. The molecule has 0 aliphatic heterocycles. The summed E-state index contributed by atoms with van der Waals surface area (Å²) in [5, 5.41) is 15.4. The smallest absolute Gasteiger partial charge is 0.270 e. The summed E-state index contributed by atoms with van der Waals surface area (Å²) in [6, 6.07) is 15.8. The molecule has 2 N–H and O–H groups in total. The number of nitro groups is 1. The second kappa shape index (κ2) is 9.48. The van der Waals surface area contributed by atoms with E-state index in [1.165, 1.54) is 25.3 Å². The molecule has 9 nitrogen and oxygen atoms in total. The van der Waals surface area contributed by atoms with Crippen LogP contribution in [-0.2, 0) is 10.0 Å². The van der Waals surface area contributed by atoms with Crippen molar-refractivity contribution in [3.63, 3.8) is 0 Å². The molecule has 0 fully saturated rings. The number of rotatable bonds is 8. The minimum Gasteiger partial charge on any atom is -0.495 e. The maximum absolute atomic E-state index is 13.1. The molecule has 0 amide bonds. The maximum atomic E-state index is 13.1. The van der Waals surface area contributed by atoms with Gasteiger partial charge in [-0.2, -0.15) is 5.10 Å². The molecule has 166 valence electrons. The first kappa shape index (κ1) is 22.8. The van der Waals surface area contributed by atoms with Crippen molar-refractivity contribution >= 4 is 33.3 Å². The quantitative estimate of drug-likeness (QED) is 0.294. The van der Waals surface area contributed by atoms with Gasteiger partial charge in [0.25, 0.3) is 15.7 Å². The average Bonchev–Trinajstić information content (AvgIpc) is 2.75. The van der Waals surface area contributed by atoms with Crippen molar-refractivity contribution < 1.29 is 18.1 Å². The topological polar surface area (TPSA) is 123 Å². The van der Waals surface area contributed by atoms with Crippen LogP contribution in [0.15, 0.2) is 70.7 Å². The summed E-state index contributed by atoms with van der Waals surface area (Å²) in [4.78, 5) is 10.2. The fourth-order valence-corrected chi connectivity index (χ4v) is 4.26. The third kappa shape index (κ3) is 5.22. The minimum atomic E-state index is -4.21. The number of hydrogen-bond acceptors (Lipinski definition) is 7. The third-order valence-electron chi connectivity index (χ3n) is 4.63. The number of nitrogens with zero attached hydrogens (tertiary/aromatic N) is 2. The second-order valence-electron chi connectivity index (χ2n) is 6.97. The van der Waals surface area contributed by atoms with E-state index in [4.69, 9.17) is 4.74 Å². The van der Waals surface area contributed by atoms with E-state index in [-0.39, 0.29) is 22.0 Å². The fourth-order valence-electron chi connectivity index (χ4n) is 3.01. The van der Waals surface area contributed by atoms with Crippen LogP contribution < -0.4 is 14.9 Å². The minimum absolute atomic E-state index is 0.0824. The van der Waals surface area contributed by atoms with Crippen LogP contribution in [0.25, 0.3) is 0 Å². The van der Waals surface area contributed by atoms with Crippen LogP contribution in [0.5, 0.6) is 5.75 Å². The SMILES string of the molecule is COc1ccccc1NS(=O)(=O)c1cc([N+](=O)[O-])ccc1NN=Cc1ccc(C)cc1C. The summed E-state index contributed by atoms with van der Waals surface area (Å²) >= 11 is 0. The van der Waals surface area contributed by atoms with E-state index in [1.54, 1.807) is 24.4 Å². The number of methoxy groups -OCH3 is 1. The lowest BCUT2D eigenvalue weighted by molar-refractivity contribution is -0.385. The average molecular weight is 455 g/mol. The van der Waals surface area contributed by atoms with Crippen LogP contribution >= 0.6 is 0 Å². The Labute approximate surface area is 185 Å². The number of anilines is 2. The third-order valence-corrected chi connectivity index (χ3v) is 6.04. The van der Waals surface area contributed by atoms with Crippen LogP contribution in [0.2, 0.25) is 0 Å². The summed E-state index contributed by atoms with van der Waals surface area (Å²) in [6.07, 6.45) is 1.56. The number of aryl methyl sites for hydroxylation is 2. The number of hydrogen-bond donors (Lipinski definition) is 2. The first-order chi connectivity index (χ1) is 15.2. The second-order valence-corrected chi connectivity index (χ2v) is 8.62. The van der Waals surface area contributed by atoms with Crippen molar-refractivity contribution in [1.82, 2.24) is 0 Å².